The monoisotopic (exact) mass is 458 g/mol. The van der Waals surface area contributed by atoms with Gasteiger partial charge in [-0.2, -0.15) is 0 Å². The number of carbonyl (C=O) groups is 1. The van der Waals surface area contributed by atoms with Gasteiger partial charge in [0.2, 0.25) is 5.91 Å². The van der Waals surface area contributed by atoms with Crippen molar-refractivity contribution in [2.75, 3.05) is 11.1 Å². The van der Waals surface area contributed by atoms with Gasteiger partial charge in [0.15, 0.2) is 17.1 Å². The van der Waals surface area contributed by atoms with Gasteiger partial charge in [-0.25, -0.2) is 8.78 Å². The third-order valence-electron chi connectivity index (χ3n) is 4.75. The second-order valence-corrected chi connectivity index (χ2v) is 8.15. The Hall–Kier alpha value is -3.20. The summed E-state index contributed by atoms with van der Waals surface area (Å²) in [6, 6.07) is 8.84. The Bertz CT molecular complexity index is 1130. The van der Waals surface area contributed by atoms with E-state index < -0.39 is 17.5 Å². The first-order valence-corrected chi connectivity index (χ1v) is 10.9. The van der Waals surface area contributed by atoms with Crippen molar-refractivity contribution in [3.8, 4) is 5.75 Å². The molecule has 0 aliphatic rings. The molecule has 0 aliphatic heterocycles. The smallest absolute Gasteiger partial charge is 0.234 e. The van der Waals surface area contributed by atoms with Crippen molar-refractivity contribution in [1.82, 2.24) is 14.8 Å². The van der Waals surface area contributed by atoms with Gasteiger partial charge in [-0.1, -0.05) is 23.9 Å². The first-order chi connectivity index (χ1) is 15.3. The third-order valence-corrected chi connectivity index (χ3v) is 5.72. The molecule has 0 saturated heterocycles. The van der Waals surface area contributed by atoms with E-state index in [9.17, 15) is 13.6 Å². The molecule has 3 rings (SSSR count). The first kappa shape index (κ1) is 23.5. The van der Waals surface area contributed by atoms with Crippen LogP contribution in [0.5, 0.6) is 5.75 Å². The minimum atomic E-state index is -0.835. The molecule has 9 heteroatoms. The van der Waals surface area contributed by atoms with Crippen molar-refractivity contribution < 1.29 is 18.3 Å². The predicted molar refractivity (Wildman–Crippen MR) is 121 cm³/mol. The fraction of sp³-hybridized carbons (Fsp3) is 0.261. The molecule has 0 spiro atoms. The van der Waals surface area contributed by atoms with Gasteiger partial charge in [0.05, 0.1) is 11.4 Å². The second-order valence-electron chi connectivity index (χ2n) is 7.21. The van der Waals surface area contributed by atoms with Gasteiger partial charge in [-0.05, 0) is 56.2 Å². The molecule has 2 aromatic carbocycles. The molecule has 1 heterocycles. The number of hydrogen-bond acceptors (Lipinski definition) is 5. The summed E-state index contributed by atoms with van der Waals surface area (Å²) in [5.41, 5.74) is 2.22. The van der Waals surface area contributed by atoms with Gasteiger partial charge in [0.1, 0.15) is 17.4 Å². The highest BCUT2D eigenvalue weighted by molar-refractivity contribution is 7.99. The molecule has 0 radical (unpaired) electrons. The maximum Gasteiger partial charge on any atom is 0.234 e. The Labute approximate surface area is 189 Å². The van der Waals surface area contributed by atoms with Crippen LogP contribution < -0.4 is 10.1 Å². The topological polar surface area (TPSA) is 69.0 Å². The van der Waals surface area contributed by atoms with Crippen LogP contribution in [0.2, 0.25) is 0 Å². The summed E-state index contributed by atoms with van der Waals surface area (Å²) in [5, 5.41) is 11.4. The number of aromatic nitrogens is 3. The normalized spacial score (nSPS) is 11.8. The number of anilines is 1. The Morgan fingerprint density at radius 3 is 2.69 bits per heavy atom. The molecular formula is C23H24F2N4O2S. The van der Waals surface area contributed by atoms with E-state index in [1.807, 2.05) is 43.5 Å². The van der Waals surface area contributed by atoms with E-state index in [-0.39, 0.29) is 17.5 Å². The van der Waals surface area contributed by atoms with Gasteiger partial charge >= 0.3 is 0 Å². The molecule has 0 bridgehead atoms. The molecule has 168 valence electrons. The summed E-state index contributed by atoms with van der Waals surface area (Å²) in [6.45, 7) is 10.1. The fourth-order valence-electron chi connectivity index (χ4n) is 2.96. The van der Waals surface area contributed by atoms with Crippen molar-refractivity contribution in [2.24, 2.45) is 0 Å². The number of aryl methyl sites for hydroxylation is 2. The summed E-state index contributed by atoms with van der Waals surface area (Å²) in [4.78, 5) is 12.2. The Morgan fingerprint density at radius 1 is 1.22 bits per heavy atom. The van der Waals surface area contributed by atoms with Crippen LogP contribution in [0.15, 0.2) is 54.2 Å². The predicted octanol–water partition coefficient (Wildman–Crippen LogP) is 5.23. The number of nitrogens with zero attached hydrogens (tertiary/aromatic N) is 3. The van der Waals surface area contributed by atoms with Crippen LogP contribution in [-0.2, 0) is 11.3 Å². The zero-order chi connectivity index (χ0) is 23.3. The number of amides is 1. The van der Waals surface area contributed by atoms with Crippen LogP contribution in [0.1, 0.15) is 30.0 Å². The number of thioether (sulfide) groups is 1. The van der Waals surface area contributed by atoms with Crippen LogP contribution in [-0.4, -0.2) is 26.4 Å². The number of nitrogens with one attached hydrogen (secondary N) is 1. The number of benzene rings is 2. The van der Waals surface area contributed by atoms with Crippen molar-refractivity contribution in [3.05, 3.63) is 77.6 Å². The van der Waals surface area contributed by atoms with E-state index in [2.05, 4.69) is 22.1 Å². The molecule has 0 fully saturated rings. The largest absolute Gasteiger partial charge is 0.483 e. The lowest BCUT2D eigenvalue weighted by Gasteiger charge is -2.16. The van der Waals surface area contributed by atoms with Crippen molar-refractivity contribution in [1.29, 1.82) is 0 Å². The lowest BCUT2D eigenvalue weighted by Crippen LogP contribution is -2.16. The van der Waals surface area contributed by atoms with Gasteiger partial charge in [-0.3, -0.25) is 9.36 Å². The quantitative estimate of drug-likeness (QED) is 0.351. The van der Waals surface area contributed by atoms with E-state index in [4.69, 9.17) is 4.74 Å². The molecule has 0 aliphatic carbocycles. The maximum atomic E-state index is 13.7. The molecule has 0 unspecified atom stereocenters. The van der Waals surface area contributed by atoms with Crippen LogP contribution in [0.4, 0.5) is 14.5 Å². The fourth-order valence-corrected chi connectivity index (χ4v) is 3.71. The van der Waals surface area contributed by atoms with Gasteiger partial charge in [-0.15, -0.1) is 16.8 Å². The Balaban J connectivity index is 1.68. The molecule has 0 saturated carbocycles. The first-order valence-electron chi connectivity index (χ1n) is 9.94. The third kappa shape index (κ3) is 5.73. The summed E-state index contributed by atoms with van der Waals surface area (Å²) < 4.78 is 34.6. The van der Waals surface area contributed by atoms with Crippen molar-refractivity contribution in [2.45, 2.75) is 38.6 Å². The summed E-state index contributed by atoms with van der Waals surface area (Å²) in [7, 11) is 0. The minimum absolute atomic E-state index is 0.0293. The zero-order valence-corrected chi connectivity index (χ0v) is 18.9. The molecule has 3 aromatic rings. The number of ether oxygens (including phenoxy) is 1. The van der Waals surface area contributed by atoms with Crippen LogP contribution in [0.25, 0.3) is 0 Å². The number of hydrogen-bond donors (Lipinski definition) is 1. The average Bonchev–Trinajstić information content (AvgIpc) is 3.14. The van der Waals surface area contributed by atoms with Gasteiger partial charge < -0.3 is 10.1 Å². The van der Waals surface area contributed by atoms with Crippen LogP contribution >= 0.6 is 11.8 Å². The van der Waals surface area contributed by atoms with Crippen molar-refractivity contribution in [3.63, 3.8) is 0 Å². The molecular weight excluding hydrogens is 434 g/mol. The summed E-state index contributed by atoms with van der Waals surface area (Å²) >= 11 is 1.15. The standard InChI is InChI=1S/C23H24F2N4O2S/c1-5-10-29-22(16(4)31-18-8-6-14(2)15(3)11-18)27-28-23(29)32-13-21(30)26-20-9-7-17(24)12-19(20)25/h5-9,11-12,16H,1,10,13H2,2-4H3,(H,26,30)/t16-/m0/s1. The summed E-state index contributed by atoms with van der Waals surface area (Å²) in [6.07, 6.45) is 1.31. The van der Waals surface area contributed by atoms with Gasteiger partial charge in [0.25, 0.3) is 0 Å². The molecule has 32 heavy (non-hydrogen) atoms. The molecule has 1 aromatic heterocycles. The molecule has 6 nitrogen and oxygen atoms in total. The highest BCUT2D eigenvalue weighted by atomic mass is 32.2. The number of rotatable bonds is 9. The Kier molecular flexibility index (Phi) is 7.63. The lowest BCUT2D eigenvalue weighted by atomic mass is 10.1. The van der Waals surface area contributed by atoms with Crippen LogP contribution in [0, 0.1) is 25.5 Å². The molecule has 1 N–H and O–H groups in total. The summed E-state index contributed by atoms with van der Waals surface area (Å²) in [5.74, 6) is -0.706. The van der Waals surface area contributed by atoms with E-state index in [1.54, 1.807) is 6.08 Å². The lowest BCUT2D eigenvalue weighted by molar-refractivity contribution is -0.113. The number of halogens is 2. The highest BCUT2D eigenvalue weighted by Crippen LogP contribution is 2.26. The van der Waals surface area contributed by atoms with Gasteiger partial charge in [0, 0.05) is 12.6 Å². The second kappa shape index (κ2) is 10.4. The minimum Gasteiger partial charge on any atom is -0.483 e. The Morgan fingerprint density at radius 2 is 2.00 bits per heavy atom. The van der Waals surface area contributed by atoms with E-state index in [0.717, 1.165) is 29.1 Å². The number of carbonyl (C=O) groups excluding carboxylic acids is 1. The van der Waals surface area contributed by atoms with E-state index in [0.29, 0.717) is 23.6 Å². The average molecular weight is 459 g/mol. The molecule has 1 amide bonds. The van der Waals surface area contributed by atoms with E-state index >= 15 is 0 Å². The zero-order valence-electron chi connectivity index (χ0n) is 18.1. The highest BCUT2D eigenvalue weighted by Gasteiger charge is 2.20. The molecule has 1 atom stereocenters. The van der Waals surface area contributed by atoms with E-state index in [1.165, 1.54) is 11.6 Å². The van der Waals surface area contributed by atoms with Crippen molar-refractivity contribution >= 4 is 23.4 Å². The van der Waals surface area contributed by atoms with Crippen LogP contribution in [0.3, 0.4) is 0 Å². The number of allylic oxidation sites excluding steroid dienone is 1. The SMILES string of the molecule is C=CCn1c(SCC(=O)Nc2ccc(F)cc2F)nnc1[C@H](C)Oc1ccc(C)c(C)c1. The maximum absolute atomic E-state index is 13.7.